The van der Waals surface area contributed by atoms with Gasteiger partial charge in [0.25, 0.3) is 0 Å². The summed E-state index contributed by atoms with van der Waals surface area (Å²) in [5, 5.41) is 0. The van der Waals surface area contributed by atoms with E-state index >= 15 is 0 Å². The molecule has 1 heterocycles. The summed E-state index contributed by atoms with van der Waals surface area (Å²) in [7, 11) is 0. The van der Waals surface area contributed by atoms with Crippen LogP contribution in [0.25, 0.3) is 0 Å². The van der Waals surface area contributed by atoms with Crippen molar-refractivity contribution in [1.82, 2.24) is 0 Å². The predicted molar refractivity (Wildman–Crippen MR) is 77.5 cm³/mol. The quantitative estimate of drug-likeness (QED) is 0.275. The van der Waals surface area contributed by atoms with Gasteiger partial charge in [-0.2, -0.15) is 0 Å². The standard InChI is InChI=1S/C17H24O2/c1-2-3-4-5-6-7-8-9-10-11-12-13-14-16(18)17-15-19-17/h17H,2-10,15H2,1H3. The van der Waals surface area contributed by atoms with Gasteiger partial charge in [-0.25, -0.2) is 0 Å². The number of carbonyl (C=O) groups excluding carboxylic acids is 1. The summed E-state index contributed by atoms with van der Waals surface area (Å²) < 4.78 is 4.83. The molecule has 104 valence electrons. The Morgan fingerprint density at radius 3 is 2.32 bits per heavy atom. The molecule has 0 radical (unpaired) electrons. The lowest BCUT2D eigenvalue weighted by molar-refractivity contribution is -0.114. The first kappa shape index (κ1) is 15.8. The van der Waals surface area contributed by atoms with Crippen LogP contribution in [0.5, 0.6) is 0 Å². The van der Waals surface area contributed by atoms with E-state index in [2.05, 4.69) is 30.6 Å². The number of hydrogen-bond donors (Lipinski definition) is 0. The number of epoxide rings is 1. The molecule has 2 heteroatoms. The Balaban J connectivity index is 1.89. The van der Waals surface area contributed by atoms with Crippen molar-refractivity contribution < 1.29 is 9.53 Å². The third-order valence-corrected chi connectivity index (χ3v) is 3.12. The predicted octanol–water partition coefficient (Wildman–Crippen LogP) is 3.49. The summed E-state index contributed by atoms with van der Waals surface area (Å²) in [6.45, 7) is 2.77. The molecule has 19 heavy (non-hydrogen) atoms. The van der Waals surface area contributed by atoms with Crippen molar-refractivity contribution >= 4 is 5.78 Å². The number of Topliss-reactive ketones (excluding diaryl/α,β-unsaturated/α-hetero) is 1. The molecule has 2 nitrogen and oxygen atoms in total. The number of ether oxygens (including phenoxy) is 1. The molecule has 0 aromatic carbocycles. The van der Waals surface area contributed by atoms with Crippen LogP contribution in [0.4, 0.5) is 0 Å². The summed E-state index contributed by atoms with van der Waals surface area (Å²) in [5.41, 5.74) is 0. The SMILES string of the molecule is CCCCCCCCCCC#CC#CC(=O)C1CO1. The van der Waals surface area contributed by atoms with E-state index in [1.54, 1.807) is 0 Å². The normalized spacial score (nSPS) is 15.9. The van der Waals surface area contributed by atoms with E-state index in [9.17, 15) is 4.79 Å². The lowest BCUT2D eigenvalue weighted by Crippen LogP contribution is -2.01. The molecule has 0 spiro atoms. The third kappa shape index (κ3) is 9.34. The van der Waals surface area contributed by atoms with E-state index in [0.717, 1.165) is 12.8 Å². The second kappa shape index (κ2) is 10.7. The van der Waals surface area contributed by atoms with Crippen molar-refractivity contribution in [3.05, 3.63) is 0 Å². The fourth-order valence-corrected chi connectivity index (χ4v) is 1.83. The molecule has 1 rings (SSSR count). The van der Waals surface area contributed by atoms with Crippen molar-refractivity contribution in [2.24, 2.45) is 0 Å². The second-order valence-corrected chi connectivity index (χ2v) is 4.96. The molecule has 0 bridgehead atoms. The Morgan fingerprint density at radius 2 is 1.68 bits per heavy atom. The Hall–Kier alpha value is -1.25. The minimum atomic E-state index is -0.262. The summed E-state index contributed by atoms with van der Waals surface area (Å²) in [4.78, 5) is 11.1. The monoisotopic (exact) mass is 260 g/mol. The maximum atomic E-state index is 11.1. The molecule has 0 amide bonds. The molecule has 0 saturated carbocycles. The summed E-state index contributed by atoms with van der Waals surface area (Å²) in [5.74, 6) is 10.7. The van der Waals surface area contributed by atoms with Crippen LogP contribution in [0.3, 0.4) is 0 Å². The van der Waals surface area contributed by atoms with Gasteiger partial charge in [0.15, 0.2) is 6.10 Å². The van der Waals surface area contributed by atoms with Gasteiger partial charge in [-0.05, 0) is 24.2 Å². The smallest absolute Gasteiger partial charge is 0.237 e. The largest absolute Gasteiger partial charge is 0.364 e. The number of unbranched alkanes of at least 4 members (excludes halogenated alkanes) is 8. The van der Waals surface area contributed by atoms with Gasteiger partial charge in [-0.1, -0.05) is 57.8 Å². The summed E-state index contributed by atoms with van der Waals surface area (Å²) in [6, 6.07) is 0. The van der Waals surface area contributed by atoms with E-state index in [1.807, 2.05) is 0 Å². The van der Waals surface area contributed by atoms with Crippen LogP contribution in [0.2, 0.25) is 0 Å². The van der Waals surface area contributed by atoms with Gasteiger partial charge in [-0.15, -0.1) is 0 Å². The molecular weight excluding hydrogens is 236 g/mol. The second-order valence-electron chi connectivity index (χ2n) is 4.96. The third-order valence-electron chi connectivity index (χ3n) is 3.12. The molecule has 1 aliphatic rings. The van der Waals surface area contributed by atoms with Gasteiger partial charge in [0.2, 0.25) is 5.78 Å². The maximum absolute atomic E-state index is 11.1. The number of ketones is 1. The molecule has 1 aliphatic heterocycles. The zero-order valence-corrected chi connectivity index (χ0v) is 12.0. The van der Waals surface area contributed by atoms with Crippen LogP contribution in [0.15, 0.2) is 0 Å². The van der Waals surface area contributed by atoms with E-state index in [4.69, 9.17) is 4.74 Å². The first-order valence-electron chi connectivity index (χ1n) is 7.49. The van der Waals surface area contributed by atoms with Gasteiger partial charge in [0, 0.05) is 6.42 Å². The van der Waals surface area contributed by atoms with Crippen LogP contribution in [0, 0.1) is 23.7 Å². The van der Waals surface area contributed by atoms with Crippen molar-refractivity contribution in [3.8, 4) is 23.7 Å². The van der Waals surface area contributed by atoms with Crippen molar-refractivity contribution in [3.63, 3.8) is 0 Å². The zero-order valence-electron chi connectivity index (χ0n) is 12.0. The molecular formula is C17H24O2. The van der Waals surface area contributed by atoms with Crippen LogP contribution < -0.4 is 0 Å². The highest BCUT2D eigenvalue weighted by atomic mass is 16.6. The van der Waals surface area contributed by atoms with E-state index < -0.39 is 0 Å². The average Bonchev–Trinajstić information content (AvgIpc) is 3.24. The maximum Gasteiger partial charge on any atom is 0.237 e. The molecule has 0 aromatic heterocycles. The Labute approximate surface area is 117 Å². The fraction of sp³-hybridized carbons (Fsp3) is 0.706. The zero-order chi connectivity index (χ0) is 13.8. The molecule has 0 aliphatic carbocycles. The molecule has 1 unspecified atom stereocenters. The summed E-state index contributed by atoms with van der Waals surface area (Å²) >= 11 is 0. The number of carbonyl (C=O) groups is 1. The molecule has 1 atom stereocenters. The highest BCUT2D eigenvalue weighted by Crippen LogP contribution is 2.09. The Morgan fingerprint density at radius 1 is 1.05 bits per heavy atom. The highest BCUT2D eigenvalue weighted by Gasteiger charge is 2.29. The summed E-state index contributed by atoms with van der Waals surface area (Å²) in [6.07, 6.45) is 11.1. The molecule has 0 N–H and O–H groups in total. The first-order chi connectivity index (χ1) is 9.34. The van der Waals surface area contributed by atoms with Gasteiger partial charge in [-0.3, -0.25) is 4.79 Å². The van der Waals surface area contributed by atoms with E-state index in [0.29, 0.717) is 6.61 Å². The minimum absolute atomic E-state index is 0.138. The van der Waals surface area contributed by atoms with Crippen LogP contribution in [0.1, 0.15) is 64.7 Å². The number of rotatable bonds is 9. The number of hydrogen-bond acceptors (Lipinski definition) is 2. The molecule has 1 saturated heterocycles. The van der Waals surface area contributed by atoms with Crippen LogP contribution in [-0.4, -0.2) is 18.5 Å². The average molecular weight is 260 g/mol. The Kier molecular flexibility index (Phi) is 8.86. The molecule has 0 aromatic rings. The lowest BCUT2D eigenvalue weighted by Gasteiger charge is -1.98. The highest BCUT2D eigenvalue weighted by molar-refractivity contribution is 6.00. The fourth-order valence-electron chi connectivity index (χ4n) is 1.83. The topological polar surface area (TPSA) is 29.6 Å². The van der Waals surface area contributed by atoms with Gasteiger partial charge in [0.05, 0.1) is 6.61 Å². The van der Waals surface area contributed by atoms with Crippen molar-refractivity contribution in [2.45, 2.75) is 70.8 Å². The first-order valence-corrected chi connectivity index (χ1v) is 7.49. The van der Waals surface area contributed by atoms with Gasteiger partial charge >= 0.3 is 0 Å². The van der Waals surface area contributed by atoms with Crippen molar-refractivity contribution in [2.75, 3.05) is 6.61 Å². The van der Waals surface area contributed by atoms with E-state index in [1.165, 1.54) is 44.9 Å². The lowest BCUT2D eigenvalue weighted by atomic mass is 10.1. The van der Waals surface area contributed by atoms with Gasteiger partial charge < -0.3 is 4.74 Å². The van der Waals surface area contributed by atoms with E-state index in [-0.39, 0.29) is 11.9 Å². The van der Waals surface area contributed by atoms with Crippen LogP contribution in [-0.2, 0) is 9.53 Å². The van der Waals surface area contributed by atoms with Gasteiger partial charge in [0.1, 0.15) is 0 Å². The minimum Gasteiger partial charge on any atom is -0.364 e. The molecule has 1 fully saturated rings. The Bertz CT molecular complexity index is 372. The van der Waals surface area contributed by atoms with Crippen LogP contribution >= 0.6 is 0 Å². The van der Waals surface area contributed by atoms with Crippen molar-refractivity contribution in [1.29, 1.82) is 0 Å².